The van der Waals surface area contributed by atoms with Crippen LogP contribution in [0.3, 0.4) is 0 Å². The van der Waals surface area contributed by atoms with Crippen LogP contribution in [0.2, 0.25) is 18.1 Å². The summed E-state index contributed by atoms with van der Waals surface area (Å²) in [7, 11) is -1.87. The van der Waals surface area contributed by atoms with Gasteiger partial charge in [-0.1, -0.05) is 39.9 Å². The molecular formula is C21H33LiN2O3Si. The zero-order valence-electron chi connectivity index (χ0n) is 18.7. The second-order valence-corrected chi connectivity index (χ2v) is 13.5. The maximum atomic E-state index is 12.3. The minimum Gasteiger partial charge on any atom is -0.492 e. The van der Waals surface area contributed by atoms with Crippen molar-refractivity contribution in [1.29, 1.82) is 0 Å². The number of benzene rings is 1. The monoisotopic (exact) mass is 396 g/mol. The Morgan fingerprint density at radius 3 is 2.36 bits per heavy atom. The number of amides is 1. The zero-order valence-corrected chi connectivity index (χ0v) is 19.7. The molecular weight excluding hydrogens is 363 g/mol. The molecule has 1 N–H and O–H groups in total. The topological polar surface area (TPSA) is 54.7 Å². The number of carbonyl (C=O) groups is 1. The van der Waals surface area contributed by atoms with E-state index < -0.39 is 8.24 Å². The smallest absolute Gasteiger partial charge is 0.492 e. The number of hydrogen-bond acceptors (Lipinski definition) is 3. The van der Waals surface area contributed by atoms with Gasteiger partial charge in [0, 0.05) is 19.7 Å². The summed E-state index contributed by atoms with van der Waals surface area (Å²) in [5, 5.41) is 10.6. The molecule has 2 rings (SSSR count). The summed E-state index contributed by atoms with van der Waals surface area (Å²) in [5.74, 6) is 0.528. The first-order valence-corrected chi connectivity index (χ1v) is 12.7. The van der Waals surface area contributed by atoms with E-state index in [1.54, 1.807) is 4.90 Å². The summed E-state index contributed by atoms with van der Waals surface area (Å²) >= 11 is 0. The Balaban J connectivity index is 0.00000392. The summed E-state index contributed by atoms with van der Waals surface area (Å²) in [6, 6.07) is 5.77. The summed E-state index contributed by atoms with van der Waals surface area (Å²) in [6.45, 7) is 16.6. The van der Waals surface area contributed by atoms with Crippen molar-refractivity contribution < 1.29 is 33.5 Å². The van der Waals surface area contributed by atoms with Crippen LogP contribution in [-0.4, -0.2) is 48.3 Å². The standard InChI is InChI=1S/C21H33N2O3Si.Li/c1-8-22(9-2)20(25)26-17-10-11-19-18(14-17)16(12-13-24)15-23(19)27(6,7)21(3,4)5;/h10-11,14,24H,8-9,12-13H2,1-7H3;/q-1;+1. The number of aliphatic hydroxyl groups excluding tert-OH is 1. The average Bonchev–Trinajstić information content (AvgIpc) is 2.94. The Hall–Kier alpha value is -1.20. The average molecular weight is 397 g/mol. The van der Waals surface area contributed by atoms with Gasteiger partial charge in [0.2, 0.25) is 0 Å². The van der Waals surface area contributed by atoms with Crippen molar-refractivity contribution in [3.63, 3.8) is 0 Å². The SMILES string of the molecule is CCN(CC)C(=O)Oc1ccc2c(c1)c(CCO)[c-]n2[Si](C)(C)C(C)(C)C.[Li+]. The molecule has 2 aromatic rings. The molecule has 0 fully saturated rings. The molecule has 0 atom stereocenters. The number of aromatic nitrogens is 1. The van der Waals surface area contributed by atoms with Gasteiger partial charge in [0.1, 0.15) is 14.0 Å². The maximum Gasteiger partial charge on any atom is 1.00 e. The van der Waals surface area contributed by atoms with Gasteiger partial charge in [0.05, 0.1) is 0 Å². The molecule has 0 aliphatic rings. The van der Waals surface area contributed by atoms with Crippen molar-refractivity contribution in [1.82, 2.24) is 9.13 Å². The van der Waals surface area contributed by atoms with Crippen LogP contribution in [0.5, 0.6) is 5.75 Å². The number of hydrogen-bond donors (Lipinski definition) is 1. The van der Waals surface area contributed by atoms with Gasteiger partial charge in [-0.15, -0.1) is 28.7 Å². The van der Waals surface area contributed by atoms with E-state index in [0.717, 1.165) is 16.5 Å². The molecule has 1 heterocycles. The van der Waals surface area contributed by atoms with Crippen LogP contribution < -0.4 is 23.6 Å². The minimum atomic E-state index is -1.87. The van der Waals surface area contributed by atoms with Crippen LogP contribution in [0, 0.1) is 6.20 Å². The second-order valence-electron chi connectivity index (χ2n) is 8.43. The molecule has 7 heteroatoms. The number of fused-ring (bicyclic) bond motifs is 1. The van der Waals surface area contributed by atoms with Gasteiger partial charge >= 0.3 is 25.0 Å². The molecule has 1 aromatic heterocycles. The van der Waals surface area contributed by atoms with Gasteiger partial charge in [0.15, 0.2) is 0 Å². The Kier molecular flexibility index (Phi) is 8.46. The van der Waals surface area contributed by atoms with Gasteiger partial charge in [-0.05, 0) is 31.4 Å². The van der Waals surface area contributed by atoms with E-state index in [1.165, 1.54) is 0 Å². The normalized spacial score (nSPS) is 12.0. The quantitative estimate of drug-likeness (QED) is 0.597. The molecule has 0 radical (unpaired) electrons. The molecule has 0 aliphatic carbocycles. The first-order chi connectivity index (χ1) is 12.6. The van der Waals surface area contributed by atoms with Crippen molar-refractivity contribution in [2.24, 2.45) is 0 Å². The van der Waals surface area contributed by atoms with Crippen molar-refractivity contribution in [2.45, 2.75) is 59.2 Å². The van der Waals surface area contributed by atoms with E-state index in [4.69, 9.17) is 4.74 Å². The Morgan fingerprint density at radius 2 is 1.86 bits per heavy atom. The molecule has 0 unspecified atom stereocenters. The van der Waals surface area contributed by atoms with Gasteiger partial charge < -0.3 is 19.0 Å². The van der Waals surface area contributed by atoms with E-state index in [9.17, 15) is 9.90 Å². The van der Waals surface area contributed by atoms with Crippen LogP contribution in [0.25, 0.3) is 10.9 Å². The molecule has 1 aromatic carbocycles. The predicted molar refractivity (Wildman–Crippen MR) is 113 cm³/mol. The molecule has 150 valence electrons. The third-order valence-electron chi connectivity index (χ3n) is 5.76. The molecule has 0 aliphatic heterocycles. The Bertz CT molecular complexity index is 808. The molecule has 0 saturated carbocycles. The van der Waals surface area contributed by atoms with E-state index >= 15 is 0 Å². The van der Waals surface area contributed by atoms with E-state index in [-0.39, 0.29) is 36.6 Å². The van der Waals surface area contributed by atoms with Crippen molar-refractivity contribution in [3.8, 4) is 5.75 Å². The third kappa shape index (κ3) is 4.86. The summed E-state index contributed by atoms with van der Waals surface area (Å²) in [4.78, 5) is 13.9. The first-order valence-electron chi connectivity index (χ1n) is 9.71. The molecule has 1 amide bonds. The molecule has 0 bridgehead atoms. The zero-order chi connectivity index (χ0) is 20.4. The maximum absolute atomic E-state index is 12.3. The number of nitrogens with zero attached hydrogens (tertiary/aromatic N) is 2. The van der Waals surface area contributed by atoms with Crippen LogP contribution >= 0.6 is 0 Å². The van der Waals surface area contributed by atoms with E-state index in [0.29, 0.717) is 25.3 Å². The minimum absolute atomic E-state index is 0. The van der Waals surface area contributed by atoms with E-state index in [2.05, 4.69) is 44.3 Å². The van der Waals surface area contributed by atoms with Crippen molar-refractivity contribution in [3.05, 3.63) is 30.0 Å². The molecule has 0 saturated heterocycles. The van der Waals surface area contributed by atoms with Crippen molar-refractivity contribution >= 4 is 25.2 Å². The Morgan fingerprint density at radius 1 is 1.25 bits per heavy atom. The summed E-state index contributed by atoms with van der Waals surface area (Å²) in [5.41, 5.74) is 2.06. The van der Waals surface area contributed by atoms with Gasteiger partial charge in [-0.2, -0.15) is 0 Å². The largest absolute Gasteiger partial charge is 1.00 e. The third-order valence-corrected chi connectivity index (χ3v) is 10.9. The second kappa shape index (κ2) is 9.54. The fourth-order valence-electron chi connectivity index (χ4n) is 3.00. The van der Waals surface area contributed by atoms with Crippen LogP contribution in [-0.2, 0) is 6.42 Å². The number of aliphatic hydroxyl groups is 1. The van der Waals surface area contributed by atoms with E-state index in [1.807, 2.05) is 32.0 Å². The van der Waals surface area contributed by atoms with Crippen LogP contribution in [0.4, 0.5) is 4.79 Å². The van der Waals surface area contributed by atoms with Crippen LogP contribution in [0.1, 0.15) is 40.2 Å². The van der Waals surface area contributed by atoms with Crippen LogP contribution in [0.15, 0.2) is 18.2 Å². The molecule has 28 heavy (non-hydrogen) atoms. The first kappa shape index (κ1) is 24.8. The fraction of sp³-hybridized carbons (Fsp3) is 0.571. The summed E-state index contributed by atoms with van der Waals surface area (Å²) < 4.78 is 7.87. The van der Waals surface area contributed by atoms with Gasteiger partial charge in [0.25, 0.3) is 0 Å². The molecule has 0 spiro atoms. The summed E-state index contributed by atoms with van der Waals surface area (Å²) in [6.07, 6.45) is 3.73. The molecule has 5 nitrogen and oxygen atoms in total. The predicted octanol–water partition coefficient (Wildman–Crippen LogP) is 1.67. The van der Waals surface area contributed by atoms with Gasteiger partial charge in [-0.25, -0.2) is 4.79 Å². The van der Waals surface area contributed by atoms with Crippen molar-refractivity contribution in [2.75, 3.05) is 19.7 Å². The fourth-order valence-corrected chi connectivity index (χ4v) is 4.88. The number of carbonyl (C=O) groups excluding carboxylic acids is 1. The number of ether oxygens (including phenoxy) is 1. The Labute approximate surface area is 182 Å². The number of rotatable bonds is 6. The van der Waals surface area contributed by atoms with Gasteiger partial charge in [-0.3, -0.25) is 0 Å².